The number of hydrogen-bond acceptors (Lipinski definition) is 2. The molecular formula is C20H24F2N3O+. The normalized spacial score (nSPS) is 15.1. The lowest BCUT2D eigenvalue weighted by Crippen LogP contribution is -2.86. The van der Waals surface area contributed by atoms with Crippen molar-refractivity contribution in [1.29, 1.82) is 0 Å². The van der Waals surface area contributed by atoms with Gasteiger partial charge in [-0.05, 0) is 56.2 Å². The average Bonchev–Trinajstić information content (AvgIpc) is 3.15. The number of hydrogen-bond donors (Lipinski definition) is 2. The van der Waals surface area contributed by atoms with Crippen molar-refractivity contribution in [2.24, 2.45) is 0 Å². The van der Waals surface area contributed by atoms with E-state index in [-0.39, 0.29) is 18.5 Å². The molecule has 0 spiro atoms. The van der Waals surface area contributed by atoms with Crippen molar-refractivity contribution in [2.45, 2.75) is 25.8 Å². The van der Waals surface area contributed by atoms with E-state index >= 15 is 0 Å². The summed E-state index contributed by atoms with van der Waals surface area (Å²) in [6.45, 7) is 4.11. The lowest BCUT2D eigenvalue weighted by molar-refractivity contribution is -0.682. The summed E-state index contributed by atoms with van der Waals surface area (Å²) in [5.74, 6) is -1.35. The number of nitrogens with one attached hydrogen (secondary N) is 1. The Hall–Kier alpha value is -2.47. The lowest BCUT2D eigenvalue weighted by atomic mass is 10.1. The number of carbonyl (C=O) groups is 1. The first-order valence-corrected chi connectivity index (χ1v) is 8.96. The van der Waals surface area contributed by atoms with Gasteiger partial charge in [-0.3, -0.25) is 4.79 Å². The predicted octanol–water partition coefficient (Wildman–Crippen LogP) is 2.83. The molecule has 1 atom stereocenters. The molecule has 0 aliphatic carbocycles. The SMILES string of the molecule is C[C@H]([NH2+]CC(=O)Nc1ccc(N2CCCC2)cc1)c1ccc(F)cc1F. The van der Waals surface area contributed by atoms with E-state index in [1.807, 2.05) is 24.3 Å². The van der Waals surface area contributed by atoms with Crippen LogP contribution in [-0.4, -0.2) is 25.5 Å². The zero-order chi connectivity index (χ0) is 18.5. The number of amides is 1. The summed E-state index contributed by atoms with van der Waals surface area (Å²) >= 11 is 0. The number of quaternary nitrogens is 1. The Kier molecular flexibility index (Phi) is 5.83. The molecule has 0 radical (unpaired) electrons. The van der Waals surface area contributed by atoms with Crippen LogP contribution >= 0.6 is 0 Å². The van der Waals surface area contributed by atoms with Gasteiger partial charge in [0.2, 0.25) is 0 Å². The average molecular weight is 360 g/mol. The molecule has 3 rings (SSSR count). The number of benzene rings is 2. The fourth-order valence-electron chi connectivity index (χ4n) is 3.22. The molecule has 2 aromatic carbocycles. The minimum absolute atomic E-state index is 0.159. The fourth-order valence-corrected chi connectivity index (χ4v) is 3.22. The first-order chi connectivity index (χ1) is 12.5. The first-order valence-electron chi connectivity index (χ1n) is 8.96. The van der Waals surface area contributed by atoms with Crippen molar-refractivity contribution in [1.82, 2.24) is 0 Å². The van der Waals surface area contributed by atoms with Crippen LogP contribution in [0.1, 0.15) is 31.4 Å². The van der Waals surface area contributed by atoms with Crippen LogP contribution < -0.4 is 15.5 Å². The summed E-state index contributed by atoms with van der Waals surface area (Å²) in [4.78, 5) is 14.5. The van der Waals surface area contributed by atoms with E-state index < -0.39 is 11.6 Å². The highest BCUT2D eigenvalue weighted by molar-refractivity contribution is 5.91. The van der Waals surface area contributed by atoms with Crippen LogP contribution in [0.4, 0.5) is 20.2 Å². The van der Waals surface area contributed by atoms with Crippen molar-refractivity contribution < 1.29 is 18.9 Å². The zero-order valence-corrected chi connectivity index (χ0v) is 14.8. The molecule has 138 valence electrons. The Morgan fingerprint density at radius 1 is 1.15 bits per heavy atom. The van der Waals surface area contributed by atoms with Crippen LogP contribution in [0.15, 0.2) is 42.5 Å². The van der Waals surface area contributed by atoms with E-state index in [9.17, 15) is 13.6 Å². The number of nitrogens with zero attached hydrogens (tertiary/aromatic N) is 1. The van der Waals surface area contributed by atoms with E-state index in [1.54, 1.807) is 12.2 Å². The van der Waals surface area contributed by atoms with Gasteiger partial charge in [0.15, 0.2) is 6.54 Å². The summed E-state index contributed by atoms with van der Waals surface area (Å²) in [5, 5.41) is 4.57. The molecule has 0 aromatic heterocycles. The number of nitrogens with two attached hydrogens (primary N) is 1. The topological polar surface area (TPSA) is 49.0 Å². The highest BCUT2D eigenvalue weighted by Crippen LogP contribution is 2.22. The van der Waals surface area contributed by atoms with Gasteiger partial charge < -0.3 is 15.5 Å². The van der Waals surface area contributed by atoms with E-state index in [1.165, 1.54) is 30.7 Å². The van der Waals surface area contributed by atoms with Gasteiger partial charge in [0.25, 0.3) is 5.91 Å². The monoisotopic (exact) mass is 360 g/mol. The van der Waals surface area contributed by atoms with Gasteiger partial charge in [-0.1, -0.05) is 0 Å². The molecular weight excluding hydrogens is 336 g/mol. The van der Waals surface area contributed by atoms with Crippen LogP contribution in [0.25, 0.3) is 0 Å². The molecule has 4 nitrogen and oxygen atoms in total. The molecule has 1 amide bonds. The van der Waals surface area contributed by atoms with Crippen molar-refractivity contribution >= 4 is 17.3 Å². The Morgan fingerprint density at radius 3 is 2.50 bits per heavy atom. The third-order valence-corrected chi connectivity index (χ3v) is 4.73. The number of carbonyl (C=O) groups excluding carboxylic acids is 1. The number of rotatable bonds is 6. The Bertz CT molecular complexity index is 758. The largest absolute Gasteiger partial charge is 0.372 e. The van der Waals surface area contributed by atoms with Crippen LogP contribution in [0, 0.1) is 11.6 Å². The fraction of sp³-hybridized carbons (Fsp3) is 0.350. The van der Waals surface area contributed by atoms with Crippen LogP contribution in [0.2, 0.25) is 0 Å². The second-order valence-electron chi connectivity index (χ2n) is 6.68. The van der Waals surface area contributed by atoms with Gasteiger partial charge in [-0.25, -0.2) is 8.78 Å². The molecule has 1 aliphatic rings. The van der Waals surface area contributed by atoms with E-state index in [0.717, 1.165) is 24.8 Å². The predicted molar refractivity (Wildman–Crippen MR) is 98.1 cm³/mol. The maximum Gasteiger partial charge on any atom is 0.279 e. The Balaban J connectivity index is 1.50. The van der Waals surface area contributed by atoms with Crippen molar-refractivity contribution in [3.05, 3.63) is 59.7 Å². The molecule has 26 heavy (non-hydrogen) atoms. The molecule has 1 heterocycles. The lowest BCUT2D eigenvalue weighted by Gasteiger charge is -2.17. The molecule has 2 aromatic rings. The van der Waals surface area contributed by atoms with Gasteiger partial charge >= 0.3 is 0 Å². The Morgan fingerprint density at radius 2 is 1.85 bits per heavy atom. The van der Waals surface area contributed by atoms with Crippen molar-refractivity contribution in [3.8, 4) is 0 Å². The summed E-state index contributed by atoms with van der Waals surface area (Å²) < 4.78 is 26.8. The summed E-state index contributed by atoms with van der Waals surface area (Å²) in [7, 11) is 0. The maximum absolute atomic E-state index is 13.8. The second-order valence-corrected chi connectivity index (χ2v) is 6.68. The standard InChI is InChI=1S/C20H23F2N3O/c1-14(18-9-4-15(21)12-19(18)22)23-13-20(26)24-16-5-7-17(8-6-16)25-10-2-3-11-25/h4-9,12,14,23H,2-3,10-11,13H2,1H3,(H,24,26)/p+1/t14-/m0/s1. The van der Waals surface area contributed by atoms with Crippen molar-refractivity contribution in [2.75, 3.05) is 29.9 Å². The van der Waals surface area contributed by atoms with Crippen LogP contribution in [-0.2, 0) is 4.79 Å². The quantitative estimate of drug-likeness (QED) is 0.832. The summed E-state index contributed by atoms with van der Waals surface area (Å²) in [6, 6.07) is 11.1. The van der Waals surface area contributed by atoms with E-state index in [0.29, 0.717) is 5.56 Å². The molecule has 0 unspecified atom stereocenters. The smallest absolute Gasteiger partial charge is 0.279 e. The molecule has 1 saturated heterocycles. The molecule has 0 saturated carbocycles. The minimum Gasteiger partial charge on any atom is -0.372 e. The molecule has 0 bridgehead atoms. The third-order valence-electron chi connectivity index (χ3n) is 4.73. The summed E-state index contributed by atoms with van der Waals surface area (Å²) in [5.41, 5.74) is 2.30. The number of anilines is 2. The number of halogens is 2. The molecule has 3 N–H and O–H groups in total. The highest BCUT2D eigenvalue weighted by Gasteiger charge is 2.16. The van der Waals surface area contributed by atoms with E-state index in [2.05, 4.69) is 10.2 Å². The Labute approximate surface area is 152 Å². The minimum atomic E-state index is -0.603. The molecule has 1 aliphatic heterocycles. The van der Waals surface area contributed by atoms with Gasteiger partial charge in [0.05, 0.1) is 0 Å². The van der Waals surface area contributed by atoms with Gasteiger partial charge in [-0.15, -0.1) is 0 Å². The van der Waals surface area contributed by atoms with Crippen LogP contribution in [0.5, 0.6) is 0 Å². The van der Waals surface area contributed by atoms with Crippen molar-refractivity contribution in [3.63, 3.8) is 0 Å². The molecule has 1 fully saturated rings. The zero-order valence-electron chi connectivity index (χ0n) is 14.8. The highest BCUT2D eigenvalue weighted by atomic mass is 19.1. The first kappa shape index (κ1) is 18.3. The van der Waals surface area contributed by atoms with Crippen LogP contribution in [0.3, 0.4) is 0 Å². The molecule has 6 heteroatoms. The van der Waals surface area contributed by atoms with Gasteiger partial charge in [0.1, 0.15) is 17.7 Å². The van der Waals surface area contributed by atoms with Gasteiger partial charge in [-0.2, -0.15) is 0 Å². The third kappa shape index (κ3) is 4.58. The maximum atomic E-state index is 13.8. The van der Waals surface area contributed by atoms with Gasteiger partial charge in [0, 0.05) is 36.1 Å². The van der Waals surface area contributed by atoms with E-state index in [4.69, 9.17) is 0 Å². The second kappa shape index (κ2) is 8.27. The summed E-state index contributed by atoms with van der Waals surface area (Å²) in [6.07, 6.45) is 2.45.